The third kappa shape index (κ3) is 2.93. The summed E-state index contributed by atoms with van der Waals surface area (Å²) >= 11 is 0. The Balaban J connectivity index is 2.11. The van der Waals surface area contributed by atoms with Gasteiger partial charge in [0.2, 0.25) is 0 Å². The fraction of sp³-hybridized carbons (Fsp3) is 0. The van der Waals surface area contributed by atoms with E-state index in [0.29, 0.717) is 11.6 Å². The lowest BCUT2D eigenvalue weighted by molar-refractivity contribution is -0.131. The molecule has 0 fully saturated rings. The molecular weight excluding hydrogens is 278 g/mol. The van der Waals surface area contributed by atoms with Crippen molar-refractivity contribution in [2.75, 3.05) is 0 Å². The number of hydrogen-bond donors (Lipinski definition) is 1. The van der Waals surface area contributed by atoms with E-state index in [0.717, 1.165) is 17.3 Å². The minimum atomic E-state index is -1.02. The summed E-state index contributed by atoms with van der Waals surface area (Å²) in [5, 5.41) is 13.3. The van der Waals surface area contributed by atoms with Crippen molar-refractivity contribution in [1.29, 1.82) is 0 Å². The number of benzene rings is 2. The molecule has 1 aromatic heterocycles. The van der Waals surface area contributed by atoms with E-state index in [1.807, 2.05) is 60.7 Å². The molecule has 0 aliphatic carbocycles. The number of carboxylic acids is 1. The van der Waals surface area contributed by atoms with Crippen LogP contribution in [-0.4, -0.2) is 25.8 Å². The molecular formula is C17H13N3O2. The van der Waals surface area contributed by atoms with Crippen LogP contribution >= 0.6 is 0 Å². The van der Waals surface area contributed by atoms with Gasteiger partial charge in [-0.2, -0.15) is 0 Å². The van der Waals surface area contributed by atoms with Gasteiger partial charge >= 0.3 is 5.97 Å². The highest BCUT2D eigenvalue weighted by Gasteiger charge is 2.11. The Kier molecular flexibility index (Phi) is 3.78. The smallest absolute Gasteiger partial charge is 0.328 e. The molecule has 3 aromatic rings. The molecule has 0 saturated heterocycles. The summed E-state index contributed by atoms with van der Waals surface area (Å²) in [6, 6.07) is 19.0. The molecule has 0 radical (unpaired) electrons. The number of hydrogen-bond acceptors (Lipinski definition) is 3. The lowest BCUT2D eigenvalue weighted by Crippen LogP contribution is -1.99. The Hall–Kier alpha value is -3.21. The zero-order chi connectivity index (χ0) is 15.4. The van der Waals surface area contributed by atoms with Gasteiger partial charge in [0, 0.05) is 11.6 Å². The molecule has 22 heavy (non-hydrogen) atoms. The zero-order valence-corrected chi connectivity index (χ0v) is 11.6. The minimum Gasteiger partial charge on any atom is -0.478 e. The average molecular weight is 291 g/mol. The molecule has 5 nitrogen and oxygen atoms in total. The van der Waals surface area contributed by atoms with Crippen LogP contribution in [0.1, 0.15) is 5.82 Å². The minimum absolute atomic E-state index is 0.465. The zero-order valence-electron chi connectivity index (χ0n) is 11.6. The van der Waals surface area contributed by atoms with Crippen LogP contribution in [-0.2, 0) is 4.79 Å². The lowest BCUT2D eigenvalue weighted by Gasteiger charge is -2.01. The maximum absolute atomic E-state index is 10.8. The SMILES string of the molecule is O=C(O)C=Cc1nc(-c2ccccc2)nn1-c1ccccc1. The number of aromatic nitrogens is 3. The highest BCUT2D eigenvalue weighted by atomic mass is 16.4. The van der Waals surface area contributed by atoms with E-state index in [9.17, 15) is 4.79 Å². The molecule has 0 aliphatic heterocycles. The Morgan fingerprint density at radius 3 is 2.27 bits per heavy atom. The van der Waals surface area contributed by atoms with Gasteiger partial charge in [-0.15, -0.1) is 5.10 Å². The van der Waals surface area contributed by atoms with Gasteiger partial charge in [0.25, 0.3) is 0 Å². The number of para-hydroxylation sites is 1. The van der Waals surface area contributed by atoms with Crippen LogP contribution in [0.4, 0.5) is 0 Å². The quantitative estimate of drug-likeness (QED) is 0.750. The summed E-state index contributed by atoms with van der Waals surface area (Å²) in [5.41, 5.74) is 1.70. The summed E-state index contributed by atoms with van der Waals surface area (Å²) < 4.78 is 1.63. The molecule has 0 spiro atoms. The summed E-state index contributed by atoms with van der Waals surface area (Å²) in [5.74, 6) is -0.00850. The Labute approximate surface area is 127 Å². The van der Waals surface area contributed by atoms with Crippen LogP contribution in [0.5, 0.6) is 0 Å². The second-order valence-corrected chi connectivity index (χ2v) is 4.58. The summed E-state index contributed by atoms with van der Waals surface area (Å²) in [6.45, 7) is 0. The normalized spacial score (nSPS) is 10.9. The van der Waals surface area contributed by atoms with E-state index in [4.69, 9.17) is 5.11 Å². The molecule has 0 aliphatic rings. The van der Waals surface area contributed by atoms with Crippen molar-refractivity contribution in [1.82, 2.24) is 14.8 Å². The topological polar surface area (TPSA) is 68.0 Å². The van der Waals surface area contributed by atoms with Gasteiger partial charge in [-0.1, -0.05) is 48.5 Å². The van der Waals surface area contributed by atoms with Crippen LogP contribution in [0.2, 0.25) is 0 Å². The van der Waals surface area contributed by atoms with Crippen LogP contribution in [0.3, 0.4) is 0 Å². The molecule has 1 heterocycles. The number of nitrogens with zero attached hydrogens (tertiary/aromatic N) is 3. The van der Waals surface area contributed by atoms with Gasteiger partial charge in [0.1, 0.15) is 0 Å². The predicted molar refractivity (Wildman–Crippen MR) is 83.5 cm³/mol. The van der Waals surface area contributed by atoms with Crippen molar-refractivity contribution in [3.63, 3.8) is 0 Å². The second kappa shape index (κ2) is 6.05. The Morgan fingerprint density at radius 1 is 1.00 bits per heavy atom. The first-order valence-corrected chi connectivity index (χ1v) is 6.73. The highest BCUT2D eigenvalue weighted by molar-refractivity contribution is 5.84. The van der Waals surface area contributed by atoms with E-state index in [-0.39, 0.29) is 0 Å². The molecule has 3 rings (SSSR count). The monoisotopic (exact) mass is 291 g/mol. The van der Waals surface area contributed by atoms with Gasteiger partial charge in [-0.05, 0) is 18.2 Å². The van der Waals surface area contributed by atoms with Crippen LogP contribution < -0.4 is 0 Å². The number of carbonyl (C=O) groups is 1. The van der Waals surface area contributed by atoms with Gasteiger partial charge in [-0.3, -0.25) is 0 Å². The van der Waals surface area contributed by atoms with Gasteiger partial charge in [-0.25, -0.2) is 14.5 Å². The van der Waals surface area contributed by atoms with E-state index in [2.05, 4.69) is 10.1 Å². The van der Waals surface area contributed by atoms with Crippen LogP contribution in [0.25, 0.3) is 23.2 Å². The Bertz CT molecular complexity index is 808. The molecule has 2 aromatic carbocycles. The largest absolute Gasteiger partial charge is 0.478 e. The fourth-order valence-electron chi connectivity index (χ4n) is 2.05. The van der Waals surface area contributed by atoms with Crippen molar-refractivity contribution >= 4 is 12.0 Å². The summed E-state index contributed by atoms with van der Waals surface area (Å²) in [6.07, 6.45) is 2.49. The maximum atomic E-state index is 10.8. The number of aliphatic carboxylic acids is 1. The fourth-order valence-corrected chi connectivity index (χ4v) is 2.05. The van der Waals surface area contributed by atoms with E-state index >= 15 is 0 Å². The molecule has 0 saturated carbocycles. The molecule has 5 heteroatoms. The molecule has 0 bridgehead atoms. The van der Waals surface area contributed by atoms with Gasteiger partial charge in [0.15, 0.2) is 11.6 Å². The lowest BCUT2D eigenvalue weighted by atomic mass is 10.2. The first-order valence-electron chi connectivity index (χ1n) is 6.73. The highest BCUT2D eigenvalue weighted by Crippen LogP contribution is 2.18. The third-order valence-corrected chi connectivity index (χ3v) is 3.04. The first-order chi connectivity index (χ1) is 10.7. The standard InChI is InChI=1S/C17H13N3O2/c21-16(22)12-11-15-18-17(13-7-3-1-4-8-13)19-20(15)14-9-5-2-6-10-14/h1-12H,(H,21,22). The third-order valence-electron chi connectivity index (χ3n) is 3.04. The van der Waals surface area contributed by atoms with E-state index in [1.165, 1.54) is 6.08 Å². The molecule has 0 unspecified atom stereocenters. The van der Waals surface area contributed by atoms with Crippen molar-refractivity contribution in [2.45, 2.75) is 0 Å². The number of carboxylic acid groups (broad SMARTS) is 1. The summed E-state index contributed by atoms with van der Waals surface area (Å²) in [7, 11) is 0. The van der Waals surface area contributed by atoms with Crippen molar-refractivity contribution < 1.29 is 9.90 Å². The van der Waals surface area contributed by atoms with Crippen molar-refractivity contribution in [2.24, 2.45) is 0 Å². The molecule has 1 N–H and O–H groups in total. The van der Waals surface area contributed by atoms with Crippen LogP contribution in [0, 0.1) is 0 Å². The summed E-state index contributed by atoms with van der Waals surface area (Å²) in [4.78, 5) is 15.2. The molecule has 0 amide bonds. The maximum Gasteiger partial charge on any atom is 0.328 e. The van der Waals surface area contributed by atoms with Crippen LogP contribution in [0.15, 0.2) is 66.7 Å². The van der Waals surface area contributed by atoms with Crippen molar-refractivity contribution in [3.05, 3.63) is 72.6 Å². The van der Waals surface area contributed by atoms with Crippen molar-refractivity contribution in [3.8, 4) is 17.1 Å². The molecule has 0 atom stereocenters. The first kappa shape index (κ1) is 13.8. The average Bonchev–Trinajstić information content (AvgIpc) is 2.99. The second-order valence-electron chi connectivity index (χ2n) is 4.58. The van der Waals surface area contributed by atoms with E-state index in [1.54, 1.807) is 4.68 Å². The van der Waals surface area contributed by atoms with E-state index < -0.39 is 5.97 Å². The predicted octanol–water partition coefficient (Wildman–Crippen LogP) is 3.03. The van der Waals surface area contributed by atoms with Gasteiger partial charge in [0.05, 0.1) is 5.69 Å². The Morgan fingerprint density at radius 2 is 1.64 bits per heavy atom. The van der Waals surface area contributed by atoms with Gasteiger partial charge < -0.3 is 5.11 Å². The molecule has 108 valence electrons. The number of rotatable bonds is 4.